The molecule has 0 radical (unpaired) electrons. The van der Waals surface area contributed by atoms with Crippen LogP contribution in [0.2, 0.25) is 5.02 Å². The molecular weight excluding hydrogens is 356 g/mol. The first-order chi connectivity index (χ1) is 12.4. The average Bonchev–Trinajstić information content (AvgIpc) is 2.61. The van der Waals surface area contributed by atoms with Gasteiger partial charge in [0, 0.05) is 29.9 Å². The first-order valence-corrected chi connectivity index (χ1v) is 8.32. The van der Waals surface area contributed by atoms with Crippen molar-refractivity contribution in [2.45, 2.75) is 0 Å². The first-order valence-electron chi connectivity index (χ1n) is 7.94. The van der Waals surface area contributed by atoms with Crippen molar-refractivity contribution in [3.63, 3.8) is 0 Å². The molecule has 0 aliphatic heterocycles. The number of hydrogen-bond donors (Lipinski definition) is 2. The van der Waals surface area contributed by atoms with E-state index in [0.29, 0.717) is 35.1 Å². The van der Waals surface area contributed by atoms with Crippen LogP contribution in [0.15, 0.2) is 36.5 Å². The number of carbonyl (C=O) groups excluding carboxylic acids is 2. The zero-order valence-corrected chi connectivity index (χ0v) is 15.6. The molecule has 7 nitrogen and oxygen atoms in total. The van der Waals surface area contributed by atoms with Gasteiger partial charge in [-0.05, 0) is 44.4 Å². The van der Waals surface area contributed by atoms with E-state index in [-0.39, 0.29) is 11.6 Å². The lowest BCUT2D eigenvalue weighted by Crippen LogP contribution is -2.32. The lowest BCUT2D eigenvalue weighted by atomic mass is 10.2. The fraction of sp³-hybridized carbons (Fsp3) is 0.278. The second kappa shape index (κ2) is 9.17. The summed E-state index contributed by atoms with van der Waals surface area (Å²) in [7, 11) is 5.33. The minimum Gasteiger partial charge on any atom is -0.495 e. The van der Waals surface area contributed by atoms with Gasteiger partial charge in [0.25, 0.3) is 11.8 Å². The molecular formula is C18H21ClN4O3. The number of halogens is 1. The van der Waals surface area contributed by atoms with Gasteiger partial charge in [-0.15, -0.1) is 0 Å². The van der Waals surface area contributed by atoms with Gasteiger partial charge in [-0.1, -0.05) is 11.6 Å². The third kappa shape index (κ3) is 5.44. The van der Waals surface area contributed by atoms with E-state index in [1.54, 1.807) is 18.2 Å². The number of methoxy groups -OCH3 is 1. The van der Waals surface area contributed by atoms with E-state index in [2.05, 4.69) is 15.6 Å². The molecule has 0 bridgehead atoms. The van der Waals surface area contributed by atoms with E-state index in [0.717, 1.165) is 0 Å². The summed E-state index contributed by atoms with van der Waals surface area (Å²) < 4.78 is 5.21. The Morgan fingerprint density at radius 1 is 1.19 bits per heavy atom. The molecule has 0 spiro atoms. The van der Waals surface area contributed by atoms with E-state index in [1.807, 2.05) is 19.0 Å². The van der Waals surface area contributed by atoms with Crippen LogP contribution in [0.1, 0.15) is 20.8 Å². The second-order valence-corrected chi connectivity index (χ2v) is 6.22. The maximum atomic E-state index is 12.5. The molecule has 8 heteroatoms. The lowest BCUT2D eigenvalue weighted by molar-refractivity contribution is 0.0946. The summed E-state index contributed by atoms with van der Waals surface area (Å²) in [5.74, 6) is -0.240. The Kier molecular flexibility index (Phi) is 6.94. The molecule has 0 atom stereocenters. The SMILES string of the molecule is COc1ccc(Cl)cc1NC(=O)c1ccnc(C(=O)NCCN(C)C)c1. The summed E-state index contributed by atoms with van der Waals surface area (Å²) in [5.41, 5.74) is 0.924. The van der Waals surface area contributed by atoms with Crippen LogP contribution in [0.4, 0.5) is 5.69 Å². The molecule has 1 aromatic carbocycles. The van der Waals surface area contributed by atoms with Gasteiger partial charge in [-0.2, -0.15) is 0 Å². The smallest absolute Gasteiger partial charge is 0.269 e. The topological polar surface area (TPSA) is 83.6 Å². The molecule has 0 fully saturated rings. The van der Waals surface area contributed by atoms with E-state index < -0.39 is 5.91 Å². The third-order valence-electron chi connectivity index (χ3n) is 3.51. The molecule has 0 saturated heterocycles. The van der Waals surface area contributed by atoms with Crippen LogP contribution in [0, 0.1) is 0 Å². The maximum Gasteiger partial charge on any atom is 0.269 e. The number of rotatable bonds is 7. The number of nitrogens with zero attached hydrogens (tertiary/aromatic N) is 2. The van der Waals surface area contributed by atoms with Crippen molar-refractivity contribution in [2.24, 2.45) is 0 Å². The van der Waals surface area contributed by atoms with Crippen LogP contribution in [0.3, 0.4) is 0 Å². The summed E-state index contributed by atoms with van der Waals surface area (Å²) in [6.45, 7) is 1.20. The predicted molar refractivity (Wildman–Crippen MR) is 101 cm³/mol. The highest BCUT2D eigenvalue weighted by atomic mass is 35.5. The lowest BCUT2D eigenvalue weighted by Gasteiger charge is -2.12. The third-order valence-corrected chi connectivity index (χ3v) is 3.74. The molecule has 2 N–H and O–H groups in total. The van der Waals surface area contributed by atoms with Crippen LogP contribution >= 0.6 is 11.6 Å². The number of likely N-dealkylation sites (N-methyl/N-ethyl adjacent to an activating group) is 1. The van der Waals surface area contributed by atoms with E-state index >= 15 is 0 Å². The zero-order valence-electron chi connectivity index (χ0n) is 14.9. The van der Waals surface area contributed by atoms with Gasteiger partial charge in [0.2, 0.25) is 0 Å². The van der Waals surface area contributed by atoms with Gasteiger partial charge in [0.1, 0.15) is 11.4 Å². The minimum atomic E-state index is -0.393. The Balaban J connectivity index is 2.10. The van der Waals surface area contributed by atoms with Crippen LogP contribution in [0.5, 0.6) is 5.75 Å². The van der Waals surface area contributed by atoms with Gasteiger partial charge >= 0.3 is 0 Å². The molecule has 0 unspecified atom stereocenters. The van der Waals surface area contributed by atoms with Gasteiger partial charge in [-0.3, -0.25) is 14.6 Å². The van der Waals surface area contributed by atoms with E-state index in [4.69, 9.17) is 16.3 Å². The number of pyridine rings is 1. The fourth-order valence-corrected chi connectivity index (χ4v) is 2.32. The van der Waals surface area contributed by atoms with Crippen molar-refractivity contribution in [1.82, 2.24) is 15.2 Å². The first kappa shape index (κ1) is 19.7. The Morgan fingerprint density at radius 3 is 2.65 bits per heavy atom. The molecule has 0 aliphatic carbocycles. The normalized spacial score (nSPS) is 10.5. The van der Waals surface area contributed by atoms with Crippen LogP contribution in [-0.2, 0) is 0 Å². The van der Waals surface area contributed by atoms with Gasteiger partial charge in [-0.25, -0.2) is 0 Å². The monoisotopic (exact) mass is 376 g/mol. The highest BCUT2D eigenvalue weighted by molar-refractivity contribution is 6.31. The highest BCUT2D eigenvalue weighted by Gasteiger charge is 2.14. The Labute approximate surface area is 157 Å². The highest BCUT2D eigenvalue weighted by Crippen LogP contribution is 2.28. The minimum absolute atomic E-state index is 0.175. The summed E-state index contributed by atoms with van der Waals surface area (Å²) >= 11 is 5.97. The van der Waals surface area contributed by atoms with Crippen molar-refractivity contribution in [1.29, 1.82) is 0 Å². The molecule has 0 saturated carbocycles. The van der Waals surface area contributed by atoms with Crippen molar-refractivity contribution >= 4 is 29.1 Å². The maximum absolute atomic E-state index is 12.5. The number of anilines is 1. The van der Waals surface area contributed by atoms with E-state index in [9.17, 15) is 9.59 Å². The number of nitrogens with one attached hydrogen (secondary N) is 2. The molecule has 1 aromatic heterocycles. The standard InChI is InChI=1S/C18H21ClN4O3/c1-23(2)9-8-21-18(25)15-10-12(6-7-20-15)17(24)22-14-11-13(19)4-5-16(14)26-3/h4-7,10-11H,8-9H2,1-3H3,(H,21,25)(H,22,24). The van der Waals surface area contributed by atoms with Gasteiger partial charge in [0.05, 0.1) is 12.8 Å². The second-order valence-electron chi connectivity index (χ2n) is 5.79. The number of amides is 2. The molecule has 138 valence electrons. The largest absolute Gasteiger partial charge is 0.495 e. The fourth-order valence-electron chi connectivity index (χ4n) is 2.15. The number of carbonyl (C=O) groups is 2. The van der Waals surface area contributed by atoms with Crippen LogP contribution in [-0.4, -0.2) is 56.0 Å². The number of aromatic nitrogens is 1. The molecule has 2 amide bonds. The Bertz CT molecular complexity index is 796. The summed E-state index contributed by atoms with van der Waals surface area (Å²) in [6, 6.07) is 7.89. The Morgan fingerprint density at radius 2 is 1.96 bits per heavy atom. The number of ether oxygens (including phenoxy) is 1. The summed E-state index contributed by atoms with van der Waals surface area (Å²) in [5, 5.41) is 5.96. The quantitative estimate of drug-likeness (QED) is 0.774. The zero-order chi connectivity index (χ0) is 19.1. The van der Waals surface area contributed by atoms with Crippen molar-refractivity contribution in [2.75, 3.05) is 39.6 Å². The Hall–Kier alpha value is -2.64. The van der Waals surface area contributed by atoms with Crippen LogP contribution < -0.4 is 15.4 Å². The molecule has 1 heterocycles. The molecule has 2 aromatic rings. The van der Waals surface area contributed by atoms with Crippen molar-refractivity contribution in [3.05, 3.63) is 52.8 Å². The predicted octanol–water partition coefficient (Wildman–Crippen LogP) is 2.29. The van der Waals surface area contributed by atoms with Crippen molar-refractivity contribution < 1.29 is 14.3 Å². The number of hydrogen-bond acceptors (Lipinski definition) is 5. The summed E-state index contributed by atoms with van der Waals surface area (Å²) in [4.78, 5) is 30.6. The van der Waals surface area contributed by atoms with Crippen molar-refractivity contribution in [3.8, 4) is 5.75 Å². The molecule has 0 aliphatic rings. The summed E-state index contributed by atoms with van der Waals surface area (Å²) in [6.07, 6.45) is 1.42. The van der Waals surface area contributed by atoms with E-state index in [1.165, 1.54) is 25.4 Å². The molecule has 2 rings (SSSR count). The molecule has 26 heavy (non-hydrogen) atoms. The average molecular weight is 377 g/mol. The van der Waals surface area contributed by atoms with Gasteiger partial charge in [0.15, 0.2) is 0 Å². The van der Waals surface area contributed by atoms with Crippen LogP contribution in [0.25, 0.3) is 0 Å². The van der Waals surface area contributed by atoms with Gasteiger partial charge < -0.3 is 20.3 Å². The number of benzene rings is 1.